The highest BCUT2D eigenvalue weighted by Crippen LogP contribution is 2.24. The lowest BCUT2D eigenvalue weighted by Gasteiger charge is -2.41. The van der Waals surface area contributed by atoms with Gasteiger partial charge in [0.05, 0.1) is 25.7 Å². The average Bonchev–Trinajstić information content (AvgIpc) is 2.79. The lowest BCUT2D eigenvalue weighted by Crippen LogP contribution is -2.67. The summed E-state index contributed by atoms with van der Waals surface area (Å²) >= 11 is 5.97. The number of imide groups is 1. The zero-order valence-electron chi connectivity index (χ0n) is 19.7. The molecule has 0 radical (unpaired) electrons. The predicted octanol–water partition coefficient (Wildman–Crippen LogP) is 4.56. The standard InChI is InChI=1S/C24H28ClFN4O5/c1-4-34-21(31)11-12-29-23(32)28-22(27-18-9-10-20(19(26)13-18)35-15(2)3)30(24(29)33)14-16-5-7-17(25)8-6-16/h5-10,13,15,22,27H,4,11-12,14H2,1-3H3,(H,28,32). The van der Waals surface area contributed by atoms with E-state index in [0.717, 1.165) is 10.5 Å². The van der Waals surface area contributed by atoms with Crippen LogP contribution < -0.4 is 15.4 Å². The summed E-state index contributed by atoms with van der Waals surface area (Å²) in [5.74, 6) is -1.01. The van der Waals surface area contributed by atoms with Gasteiger partial charge in [0.1, 0.15) is 0 Å². The smallest absolute Gasteiger partial charge is 0.331 e. The Balaban J connectivity index is 1.82. The molecule has 1 unspecified atom stereocenters. The van der Waals surface area contributed by atoms with E-state index < -0.39 is 30.1 Å². The minimum Gasteiger partial charge on any atom is -0.488 e. The fourth-order valence-corrected chi connectivity index (χ4v) is 3.54. The molecule has 0 bridgehead atoms. The van der Waals surface area contributed by atoms with Crippen LogP contribution in [-0.2, 0) is 16.1 Å². The van der Waals surface area contributed by atoms with Crippen molar-refractivity contribution in [1.82, 2.24) is 15.1 Å². The van der Waals surface area contributed by atoms with Crippen molar-refractivity contribution < 1.29 is 28.2 Å². The Labute approximate surface area is 208 Å². The highest BCUT2D eigenvalue weighted by atomic mass is 35.5. The van der Waals surface area contributed by atoms with Gasteiger partial charge in [0.25, 0.3) is 0 Å². The summed E-state index contributed by atoms with van der Waals surface area (Å²) in [6.45, 7) is 5.41. The molecular formula is C24H28ClFN4O5. The van der Waals surface area contributed by atoms with Crippen LogP contribution in [-0.4, -0.2) is 53.4 Å². The van der Waals surface area contributed by atoms with Crippen LogP contribution in [0.4, 0.5) is 19.7 Å². The van der Waals surface area contributed by atoms with Gasteiger partial charge < -0.3 is 14.8 Å². The molecule has 1 fully saturated rings. The number of nitrogens with zero attached hydrogens (tertiary/aromatic N) is 2. The first-order valence-corrected chi connectivity index (χ1v) is 11.6. The Morgan fingerprint density at radius 2 is 1.91 bits per heavy atom. The number of nitrogens with one attached hydrogen (secondary N) is 2. The molecular weight excluding hydrogens is 479 g/mol. The van der Waals surface area contributed by atoms with E-state index in [-0.39, 0.29) is 38.0 Å². The van der Waals surface area contributed by atoms with Gasteiger partial charge in [0.15, 0.2) is 17.9 Å². The molecule has 4 amide bonds. The quantitative estimate of drug-likeness (QED) is 0.458. The summed E-state index contributed by atoms with van der Waals surface area (Å²) in [6, 6.07) is 9.86. The highest BCUT2D eigenvalue weighted by Gasteiger charge is 2.38. The topological polar surface area (TPSA) is 100 Å². The summed E-state index contributed by atoms with van der Waals surface area (Å²) < 4.78 is 24.8. The molecule has 188 valence electrons. The van der Waals surface area contributed by atoms with Gasteiger partial charge in [0.2, 0.25) is 0 Å². The van der Waals surface area contributed by atoms with E-state index in [2.05, 4.69) is 10.6 Å². The van der Waals surface area contributed by atoms with Gasteiger partial charge in [0, 0.05) is 23.3 Å². The molecule has 3 rings (SSSR count). The summed E-state index contributed by atoms with van der Waals surface area (Å²) in [5.41, 5.74) is 1.08. The van der Waals surface area contributed by atoms with Crippen LogP contribution in [0.2, 0.25) is 5.02 Å². The molecule has 35 heavy (non-hydrogen) atoms. The first-order valence-electron chi connectivity index (χ1n) is 11.2. The van der Waals surface area contributed by atoms with Gasteiger partial charge >= 0.3 is 18.0 Å². The van der Waals surface area contributed by atoms with Crippen LogP contribution in [0.3, 0.4) is 0 Å². The molecule has 1 atom stereocenters. The number of ether oxygens (including phenoxy) is 2. The molecule has 2 aromatic rings. The van der Waals surface area contributed by atoms with E-state index in [9.17, 15) is 18.8 Å². The normalized spacial score (nSPS) is 15.8. The van der Waals surface area contributed by atoms with Crippen molar-refractivity contribution in [2.24, 2.45) is 0 Å². The van der Waals surface area contributed by atoms with Gasteiger partial charge in [-0.2, -0.15) is 0 Å². The minimum absolute atomic E-state index is 0.0949. The maximum atomic E-state index is 14.5. The van der Waals surface area contributed by atoms with Gasteiger partial charge in [-0.05, 0) is 50.6 Å². The Kier molecular flexibility index (Phi) is 8.75. The fraction of sp³-hybridized carbons (Fsp3) is 0.375. The molecule has 9 nitrogen and oxygen atoms in total. The van der Waals surface area contributed by atoms with Crippen molar-refractivity contribution in [2.45, 2.75) is 46.1 Å². The van der Waals surface area contributed by atoms with Gasteiger partial charge in [-0.1, -0.05) is 23.7 Å². The van der Waals surface area contributed by atoms with Gasteiger partial charge in [-0.15, -0.1) is 0 Å². The summed E-state index contributed by atoms with van der Waals surface area (Å²) in [5, 5.41) is 6.22. The number of hydrogen-bond acceptors (Lipinski definition) is 6. The van der Waals surface area contributed by atoms with Crippen LogP contribution in [0.5, 0.6) is 5.75 Å². The average molecular weight is 507 g/mol. The van der Waals surface area contributed by atoms with Crippen LogP contribution in [0.15, 0.2) is 42.5 Å². The van der Waals surface area contributed by atoms with Crippen LogP contribution in [0.25, 0.3) is 0 Å². The number of esters is 1. The van der Waals surface area contributed by atoms with Crippen LogP contribution >= 0.6 is 11.6 Å². The monoisotopic (exact) mass is 506 g/mol. The number of halogens is 2. The number of hydrogen-bond donors (Lipinski definition) is 2. The molecule has 1 saturated heterocycles. The Hall–Kier alpha value is -3.53. The molecule has 2 N–H and O–H groups in total. The molecule has 1 heterocycles. The third kappa shape index (κ3) is 6.98. The second-order valence-electron chi connectivity index (χ2n) is 8.05. The van der Waals surface area contributed by atoms with Crippen molar-refractivity contribution in [3.05, 3.63) is 58.9 Å². The zero-order chi connectivity index (χ0) is 25.5. The molecule has 0 saturated carbocycles. The minimum atomic E-state index is -0.985. The SMILES string of the molecule is CCOC(=O)CCN1C(=O)NC(Nc2ccc(OC(C)C)c(F)c2)N(Cc2ccc(Cl)cc2)C1=O. The number of urea groups is 2. The second kappa shape index (κ2) is 11.7. The highest BCUT2D eigenvalue weighted by molar-refractivity contribution is 6.30. The van der Waals surface area contributed by atoms with Crippen molar-refractivity contribution in [1.29, 1.82) is 0 Å². The van der Waals surface area contributed by atoms with E-state index in [1.807, 2.05) is 0 Å². The second-order valence-corrected chi connectivity index (χ2v) is 8.49. The lowest BCUT2D eigenvalue weighted by atomic mass is 10.2. The molecule has 2 aromatic carbocycles. The number of anilines is 1. The van der Waals surface area contributed by atoms with Crippen molar-refractivity contribution in [3.63, 3.8) is 0 Å². The first kappa shape index (κ1) is 26.1. The molecule has 11 heteroatoms. The summed E-state index contributed by atoms with van der Waals surface area (Å²) in [7, 11) is 0. The number of carbonyl (C=O) groups excluding carboxylic acids is 3. The number of carbonyl (C=O) groups is 3. The van der Waals surface area contributed by atoms with E-state index >= 15 is 0 Å². The van der Waals surface area contributed by atoms with Gasteiger partial charge in [-0.3, -0.25) is 15.0 Å². The zero-order valence-corrected chi connectivity index (χ0v) is 20.5. The molecule has 0 spiro atoms. The Morgan fingerprint density at radius 3 is 2.54 bits per heavy atom. The lowest BCUT2D eigenvalue weighted by molar-refractivity contribution is -0.143. The summed E-state index contributed by atoms with van der Waals surface area (Å²) in [6.07, 6.45) is -1.32. The first-order chi connectivity index (χ1) is 16.7. The van der Waals surface area contributed by atoms with Crippen molar-refractivity contribution >= 4 is 35.3 Å². The van der Waals surface area contributed by atoms with E-state index in [1.165, 1.54) is 17.0 Å². The van der Waals surface area contributed by atoms with E-state index in [4.69, 9.17) is 21.1 Å². The third-order valence-electron chi connectivity index (χ3n) is 5.00. The van der Waals surface area contributed by atoms with Crippen LogP contribution in [0, 0.1) is 5.82 Å². The Morgan fingerprint density at radius 1 is 1.20 bits per heavy atom. The van der Waals surface area contributed by atoms with E-state index in [0.29, 0.717) is 10.7 Å². The molecule has 0 aliphatic carbocycles. The van der Waals surface area contributed by atoms with Gasteiger partial charge in [-0.25, -0.2) is 18.9 Å². The molecule has 1 aliphatic rings. The number of amides is 4. The largest absolute Gasteiger partial charge is 0.488 e. The Bertz CT molecular complexity index is 1070. The number of rotatable bonds is 10. The van der Waals surface area contributed by atoms with Crippen molar-refractivity contribution in [2.75, 3.05) is 18.5 Å². The third-order valence-corrected chi connectivity index (χ3v) is 5.25. The fourth-order valence-electron chi connectivity index (χ4n) is 3.42. The van der Waals surface area contributed by atoms with Crippen LogP contribution in [0.1, 0.15) is 32.8 Å². The predicted molar refractivity (Wildman–Crippen MR) is 128 cm³/mol. The molecule has 1 aliphatic heterocycles. The molecule has 0 aromatic heterocycles. The maximum absolute atomic E-state index is 14.5. The summed E-state index contributed by atoms with van der Waals surface area (Å²) in [4.78, 5) is 40.1. The maximum Gasteiger partial charge on any atom is 0.331 e. The van der Waals surface area contributed by atoms with E-state index in [1.54, 1.807) is 51.1 Å². The van der Waals surface area contributed by atoms with Crippen molar-refractivity contribution in [3.8, 4) is 5.75 Å². The number of benzene rings is 2.